The average Bonchev–Trinajstić information content (AvgIpc) is 2.67. The molecule has 2 heterocycles. The smallest absolute Gasteiger partial charge is 0.253 e. The maximum atomic E-state index is 12.6. The number of rotatable bonds is 5. The number of amides is 1. The van der Waals surface area contributed by atoms with Gasteiger partial charge in [0.2, 0.25) is 0 Å². The van der Waals surface area contributed by atoms with Gasteiger partial charge in [0.1, 0.15) is 0 Å². The van der Waals surface area contributed by atoms with Crippen molar-refractivity contribution in [3.8, 4) is 0 Å². The van der Waals surface area contributed by atoms with Crippen LogP contribution in [-0.4, -0.2) is 53.4 Å². The van der Waals surface area contributed by atoms with Gasteiger partial charge in [0.25, 0.3) is 5.91 Å². The van der Waals surface area contributed by atoms with E-state index in [4.69, 9.17) is 0 Å². The minimum Gasteiger partial charge on any atom is -0.339 e. The predicted octanol–water partition coefficient (Wildman–Crippen LogP) is 3.47. The molecule has 3 rings (SSSR count). The van der Waals surface area contributed by atoms with E-state index in [-0.39, 0.29) is 5.91 Å². The molecule has 132 valence electrons. The number of carbonyl (C=O) groups is 1. The summed E-state index contributed by atoms with van der Waals surface area (Å²) < 4.78 is 1.15. The molecule has 1 amide bonds. The first kappa shape index (κ1) is 18.3. The quantitative estimate of drug-likeness (QED) is 0.657. The number of hydrogen-bond donors (Lipinski definition) is 0. The van der Waals surface area contributed by atoms with Crippen LogP contribution in [0.3, 0.4) is 0 Å². The Morgan fingerprint density at radius 1 is 1.20 bits per heavy atom. The third-order valence-electron chi connectivity index (χ3n) is 4.93. The van der Waals surface area contributed by atoms with Crippen LogP contribution < -0.4 is 0 Å². The number of likely N-dealkylation sites (tertiary alicyclic amines) is 1. The molecule has 2 aromatic rings. The molecule has 0 spiro atoms. The van der Waals surface area contributed by atoms with Gasteiger partial charge in [0, 0.05) is 60.2 Å². The molecule has 1 aliphatic rings. The van der Waals surface area contributed by atoms with E-state index >= 15 is 0 Å². The van der Waals surface area contributed by atoms with Crippen LogP contribution in [0.1, 0.15) is 28.9 Å². The molecule has 0 radical (unpaired) electrons. The summed E-state index contributed by atoms with van der Waals surface area (Å²) in [6.07, 6.45) is 4.92. The van der Waals surface area contributed by atoms with E-state index in [9.17, 15) is 4.79 Å². The molecule has 0 atom stereocenters. The van der Waals surface area contributed by atoms with Gasteiger partial charge < -0.3 is 9.80 Å². The monoisotopic (exact) mass is 449 g/mol. The van der Waals surface area contributed by atoms with Crippen LogP contribution >= 0.6 is 22.6 Å². The first-order chi connectivity index (χ1) is 12.1. The van der Waals surface area contributed by atoms with E-state index in [2.05, 4.69) is 38.5 Å². The number of aromatic nitrogens is 1. The van der Waals surface area contributed by atoms with E-state index in [0.717, 1.165) is 53.7 Å². The average molecular weight is 449 g/mol. The van der Waals surface area contributed by atoms with Crippen molar-refractivity contribution in [2.75, 3.05) is 26.7 Å². The Labute approximate surface area is 163 Å². The van der Waals surface area contributed by atoms with Crippen LogP contribution in [0.4, 0.5) is 0 Å². The summed E-state index contributed by atoms with van der Waals surface area (Å²) in [7, 11) is 1.94. The molecule has 1 fully saturated rings. The number of halogens is 1. The number of piperidine rings is 1. The molecule has 1 saturated heterocycles. The van der Waals surface area contributed by atoms with Gasteiger partial charge in [-0.1, -0.05) is 6.07 Å². The van der Waals surface area contributed by atoms with Crippen molar-refractivity contribution >= 4 is 28.5 Å². The third kappa shape index (κ3) is 5.01. The second kappa shape index (κ2) is 8.76. The SMILES string of the molecule is CN(C(=O)c1ccc(I)cc1)C1CCN(CCc2ccccn2)CC1. The van der Waals surface area contributed by atoms with Crippen molar-refractivity contribution in [1.29, 1.82) is 0 Å². The Kier molecular flexibility index (Phi) is 6.42. The highest BCUT2D eigenvalue weighted by atomic mass is 127. The van der Waals surface area contributed by atoms with Gasteiger partial charge in [0.05, 0.1) is 0 Å². The number of carbonyl (C=O) groups excluding carboxylic acids is 1. The molecule has 0 unspecified atom stereocenters. The first-order valence-corrected chi connectivity index (χ1v) is 9.86. The van der Waals surface area contributed by atoms with Crippen LogP contribution in [0.15, 0.2) is 48.7 Å². The standard InChI is InChI=1S/C20H24IN3O/c1-23(20(25)16-5-7-17(21)8-6-16)19-10-14-24(15-11-19)13-9-18-4-2-3-12-22-18/h2-8,12,19H,9-11,13-15H2,1H3. The summed E-state index contributed by atoms with van der Waals surface area (Å²) in [6.45, 7) is 3.13. The van der Waals surface area contributed by atoms with Gasteiger partial charge in [-0.25, -0.2) is 0 Å². The van der Waals surface area contributed by atoms with Crippen molar-refractivity contribution in [3.63, 3.8) is 0 Å². The topological polar surface area (TPSA) is 36.4 Å². The second-order valence-electron chi connectivity index (χ2n) is 6.57. The molecule has 25 heavy (non-hydrogen) atoms. The lowest BCUT2D eigenvalue weighted by Gasteiger charge is -2.36. The molecule has 0 saturated carbocycles. The van der Waals surface area contributed by atoms with Crippen LogP contribution in [-0.2, 0) is 6.42 Å². The van der Waals surface area contributed by atoms with Crippen molar-refractivity contribution in [3.05, 3.63) is 63.5 Å². The van der Waals surface area contributed by atoms with E-state index < -0.39 is 0 Å². The normalized spacial score (nSPS) is 15.9. The molecular weight excluding hydrogens is 425 g/mol. The molecule has 1 aliphatic heterocycles. The number of pyridine rings is 1. The maximum Gasteiger partial charge on any atom is 0.253 e. The van der Waals surface area contributed by atoms with E-state index in [1.54, 1.807) is 0 Å². The highest BCUT2D eigenvalue weighted by Crippen LogP contribution is 2.18. The second-order valence-corrected chi connectivity index (χ2v) is 7.81. The minimum absolute atomic E-state index is 0.128. The lowest BCUT2D eigenvalue weighted by molar-refractivity contribution is 0.0643. The van der Waals surface area contributed by atoms with Crippen LogP contribution in [0, 0.1) is 3.57 Å². The molecule has 1 aromatic heterocycles. The summed E-state index contributed by atoms with van der Waals surface area (Å²) in [6, 6.07) is 14.2. The van der Waals surface area contributed by atoms with Crippen molar-refractivity contribution < 1.29 is 4.79 Å². The number of hydrogen-bond acceptors (Lipinski definition) is 3. The summed E-state index contributed by atoms with van der Waals surface area (Å²) >= 11 is 2.26. The van der Waals surface area contributed by atoms with E-state index in [1.807, 2.05) is 54.5 Å². The highest BCUT2D eigenvalue weighted by molar-refractivity contribution is 14.1. The molecule has 0 N–H and O–H groups in total. The molecule has 0 bridgehead atoms. The molecule has 5 heteroatoms. The summed E-state index contributed by atoms with van der Waals surface area (Å²) in [5.41, 5.74) is 1.93. The maximum absolute atomic E-state index is 12.6. The fourth-order valence-corrected chi connectivity index (χ4v) is 3.67. The number of nitrogens with zero attached hydrogens (tertiary/aromatic N) is 3. The zero-order valence-electron chi connectivity index (χ0n) is 14.6. The fourth-order valence-electron chi connectivity index (χ4n) is 3.31. The highest BCUT2D eigenvalue weighted by Gasteiger charge is 2.25. The summed E-state index contributed by atoms with van der Waals surface area (Å²) in [4.78, 5) is 21.4. The van der Waals surface area contributed by atoms with Gasteiger partial charge >= 0.3 is 0 Å². The van der Waals surface area contributed by atoms with Crippen molar-refractivity contribution in [2.45, 2.75) is 25.3 Å². The molecule has 0 aliphatic carbocycles. The fraction of sp³-hybridized carbons (Fsp3) is 0.400. The third-order valence-corrected chi connectivity index (χ3v) is 5.65. The summed E-state index contributed by atoms with van der Waals surface area (Å²) in [5, 5.41) is 0. The lowest BCUT2D eigenvalue weighted by Crippen LogP contribution is -2.46. The molecule has 1 aromatic carbocycles. The zero-order valence-corrected chi connectivity index (χ0v) is 16.7. The van der Waals surface area contributed by atoms with Gasteiger partial charge in [-0.3, -0.25) is 9.78 Å². The Hall–Kier alpha value is -1.47. The van der Waals surface area contributed by atoms with Gasteiger partial charge in [-0.15, -0.1) is 0 Å². The minimum atomic E-state index is 0.128. The predicted molar refractivity (Wildman–Crippen MR) is 109 cm³/mol. The molecule has 4 nitrogen and oxygen atoms in total. The lowest BCUT2D eigenvalue weighted by atomic mass is 10.0. The Morgan fingerprint density at radius 2 is 1.92 bits per heavy atom. The molecular formula is C20H24IN3O. The zero-order chi connectivity index (χ0) is 17.6. The van der Waals surface area contributed by atoms with Crippen molar-refractivity contribution in [1.82, 2.24) is 14.8 Å². The van der Waals surface area contributed by atoms with Gasteiger partial charge in [0.15, 0.2) is 0 Å². The first-order valence-electron chi connectivity index (χ1n) is 8.78. The van der Waals surface area contributed by atoms with Gasteiger partial charge in [-0.05, 0) is 71.8 Å². The van der Waals surface area contributed by atoms with Gasteiger partial charge in [-0.2, -0.15) is 0 Å². The Balaban J connectivity index is 1.48. The number of benzene rings is 1. The Morgan fingerprint density at radius 3 is 2.56 bits per heavy atom. The van der Waals surface area contributed by atoms with Crippen molar-refractivity contribution in [2.24, 2.45) is 0 Å². The van der Waals surface area contributed by atoms with Crippen LogP contribution in [0.2, 0.25) is 0 Å². The summed E-state index contributed by atoms with van der Waals surface area (Å²) in [5.74, 6) is 0.128. The van der Waals surface area contributed by atoms with Crippen LogP contribution in [0.25, 0.3) is 0 Å². The largest absolute Gasteiger partial charge is 0.339 e. The van der Waals surface area contributed by atoms with Crippen LogP contribution in [0.5, 0.6) is 0 Å². The Bertz CT molecular complexity index is 682. The van der Waals surface area contributed by atoms with E-state index in [1.165, 1.54) is 0 Å². The van der Waals surface area contributed by atoms with E-state index in [0.29, 0.717) is 6.04 Å².